The van der Waals surface area contributed by atoms with E-state index in [0.717, 1.165) is 31.5 Å². The summed E-state index contributed by atoms with van der Waals surface area (Å²) in [6, 6.07) is 3.47. The Morgan fingerprint density at radius 2 is 1.86 bits per heavy atom. The Labute approximate surface area is 185 Å². The van der Waals surface area contributed by atoms with Gasteiger partial charge in [-0.05, 0) is 56.9 Å². The topological polar surface area (TPSA) is 64.3 Å². The fourth-order valence-corrected chi connectivity index (χ4v) is 3.99. The van der Waals surface area contributed by atoms with E-state index in [1.165, 1.54) is 38.9 Å². The molecule has 0 atom stereocenters. The van der Waals surface area contributed by atoms with Crippen LogP contribution in [-0.2, 0) is 0 Å². The first-order valence-corrected chi connectivity index (χ1v) is 10.2. The number of hydrogen-bond donors (Lipinski definition) is 1. The van der Waals surface area contributed by atoms with Gasteiger partial charge in [-0.2, -0.15) is 0 Å². The third-order valence-corrected chi connectivity index (χ3v) is 5.80. The number of rotatable bonds is 5. The van der Waals surface area contributed by atoms with Crippen LogP contribution in [0.15, 0.2) is 27.8 Å². The highest BCUT2D eigenvalue weighted by molar-refractivity contribution is 14.0. The van der Waals surface area contributed by atoms with Crippen LogP contribution in [0.1, 0.15) is 36.7 Å². The lowest BCUT2D eigenvalue weighted by molar-refractivity contribution is 0.0657. The molecule has 2 saturated heterocycles. The molecule has 0 aromatic carbocycles. The van der Waals surface area contributed by atoms with E-state index >= 15 is 0 Å². The Kier molecular flexibility index (Phi) is 9.57. The second-order valence-electron chi connectivity index (χ2n) is 7.40. The molecule has 7 nitrogen and oxygen atoms in total. The lowest BCUT2D eigenvalue weighted by Crippen LogP contribution is -2.54. The molecule has 1 N–H and O–H groups in total. The minimum atomic E-state index is -0.0268. The van der Waals surface area contributed by atoms with Crippen LogP contribution in [0.3, 0.4) is 0 Å². The lowest BCUT2D eigenvalue weighted by Gasteiger charge is -2.36. The molecule has 3 rings (SSSR count). The molecule has 2 aliphatic heterocycles. The molecule has 0 bridgehead atoms. The predicted octanol–water partition coefficient (Wildman–Crippen LogP) is 2.35. The quantitative estimate of drug-likeness (QED) is 0.380. The number of aliphatic imine (C=N–C) groups is 1. The number of nitrogens with zero attached hydrogens (tertiary/aromatic N) is 4. The maximum absolute atomic E-state index is 12.4. The fourth-order valence-electron chi connectivity index (χ4n) is 3.99. The lowest BCUT2D eigenvalue weighted by atomic mass is 9.93. The summed E-state index contributed by atoms with van der Waals surface area (Å²) in [7, 11) is 1.84. The van der Waals surface area contributed by atoms with Gasteiger partial charge in [-0.15, -0.1) is 24.0 Å². The minimum Gasteiger partial charge on any atom is -0.459 e. The largest absolute Gasteiger partial charge is 0.459 e. The zero-order valence-corrected chi connectivity index (χ0v) is 19.4. The molecule has 2 fully saturated rings. The van der Waals surface area contributed by atoms with Gasteiger partial charge in [0, 0.05) is 39.8 Å². The second kappa shape index (κ2) is 11.6. The minimum absolute atomic E-state index is 0. The molecule has 158 valence electrons. The average molecular weight is 503 g/mol. The number of piperazine rings is 1. The second-order valence-corrected chi connectivity index (χ2v) is 7.40. The number of furan rings is 1. The highest BCUT2D eigenvalue weighted by atomic mass is 127. The SMILES string of the molecule is CCN1CCC(CCNC(=NC)N2CCN(C(=O)c3ccco3)CC2)CC1.I. The highest BCUT2D eigenvalue weighted by Gasteiger charge is 2.25. The molecule has 0 unspecified atom stereocenters. The molecule has 8 heteroatoms. The molecular formula is C20H34IN5O2. The van der Waals surface area contributed by atoms with Gasteiger partial charge in [-0.25, -0.2) is 0 Å². The van der Waals surface area contributed by atoms with Gasteiger partial charge >= 0.3 is 0 Å². The van der Waals surface area contributed by atoms with E-state index in [9.17, 15) is 4.79 Å². The van der Waals surface area contributed by atoms with Crippen LogP contribution in [0.4, 0.5) is 0 Å². The Balaban J connectivity index is 0.00000280. The summed E-state index contributed by atoms with van der Waals surface area (Å²) < 4.78 is 5.22. The molecular weight excluding hydrogens is 469 g/mol. The van der Waals surface area contributed by atoms with Crippen molar-refractivity contribution in [2.24, 2.45) is 10.9 Å². The Hall–Kier alpha value is -1.29. The van der Waals surface area contributed by atoms with Gasteiger partial charge < -0.3 is 24.4 Å². The van der Waals surface area contributed by atoms with Crippen molar-refractivity contribution in [3.63, 3.8) is 0 Å². The van der Waals surface area contributed by atoms with E-state index in [0.29, 0.717) is 18.8 Å². The summed E-state index contributed by atoms with van der Waals surface area (Å²) in [6.45, 7) is 9.82. The Bertz CT molecular complexity index is 606. The van der Waals surface area contributed by atoms with Crippen LogP contribution in [-0.4, -0.2) is 86.0 Å². The summed E-state index contributed by atoms with van der Waals surface area (Å²) in [5.41, 5.74) is 0. The number of likely N-dealkylation sites (tertiary alicyclic amines) is 1. The number of amides is 1. The molecule has 0 saturated carbocycles. The number of carbonyl (C=O) groups excluding carboxylic acids is 1. The van der Waals surface area contributed by atoms with Crippen LogP contribution in [0.5, 0.6) is 0 Å². The van der Waals surface area contributed by atoms with Crippen molar-refractivity contribution in [2.45, 2.75) is 26.2 Å². The van der Waals surface area contributed by atoms with Crippen molar-refractivity contribution >= 4 is 35.8 Å². The number of halogens is 1. The normalized spacial score (nSPS) is 19.4. The molecule has 2 aliphatic rings. The zero-order valence-electron chi connectivity index (χ0n) is 17.1. The average Bonchev–Trinajstić information content (AvgIpc) is 3.26. The summed E-state index contributed by atoms with van der Waals surface area (Å²) in [4.78, 5) is 23.4. The highest BCUT2D eigenvalue weighted by Crippen LogP contribution is 2.19. The molecule has 3 heterocycles. The summed E-state index contributed by atoms with van der Waals surface area (Å²) >= 11 is 0. The van der Waals surface area contributed by atoms with Crippen LogP contribution in [0, 0.1) is 5.92 Å². The molecule has 1 aromatic rings. The number of carbonyl (C=O) groups is 1. The first-order chi connectivity index (χ1) is 13.2. The predicted molar refractivity (Wildman–Crippen MR) is 122 cm³/mol. The van der Waals surface area contributed by atoms with E-state index in [4.69, 9.17) is 4.42 Å². The standard InChI is InChI=1S/C20H33N5O2.HI/c1-3-23-10-7-17(8-11-23)6-9-22-20(21-2)25-14-12-24(13-15-25)19(26)18-5-4-16-27-18;/h4-5,16-17H,3,6-15H2,1-2H3,(H,21,22);1H. The smallest absolute Gasteiger partial charge is 0.289 e. The van der Waals surface area contributed by atoms with Gasteiger partial charge in [0.2, 0.25) is 0 Å². The van der Waals surface area contributed by atoms with Crippen molar-refractivity contribution in [3.05, 3.63) is 24.2 Å². The molecule has 0 spiro atoms. The van der Waals surface area contributed by atoms with Gasteiger partial charge in [0.15, 0.2) is 11.7 Å². The van der Waals surface area contributed by atoms with Crippen LogP contribution >= 0.6 is 24.0 Å². The van der Waals surface area contributed by atoms with E-state index in [1.54, 1.807) is 18.4 Å². The van der Waals surface area contributed by atoms with E-state index < -0.39 is 0 Å². The molecule has 0 aliphatic carbocycles. The first kappa shape index (κ1) is 23.0. The van der Waals surface area contributed by atoms with Crippen LogP contribution in [0.2, 0.25) is 0 Å². The molecule has 1 amide bonds. The summed E-state index contributed by atoms with van der Waals surface area (Å²) in [6.07, 6.45) is 5.36. The number of guanidine groups is 1. The Morgan fingerprint density at radius 1 is 1.18 bits per heavy atom. The fraction of sp³-hybridized carbons (Fsp3) is 0.700. The van der Waals surface area contributed by atoms with Gasteiger partial charge in [-0.3, -0.25) is 9.79 Å². The van der Waals surface area contributed by atoms with Crippen molar-refractivity contribution in [1.82, 2.24) is 20.0 Å². The van der Waals surface area contributed by atoms with Gasteiger partial charge in [-0.1, -0.05) is 6.92 Å². The maximum Gasteiger partial charge on any atom is 0.289 e. The number of nitrogens with one attached hydrogen (secondary N) is 1. The monoisotopic (exact) mass is 503 g/mol. The van der Waals surface area contributed by atoms with E-state index in [-0.39, 0.29) is 29.9 Å². The molecule has 0 radical (unpaired) electrons. The third-order valence-electron chi connectivity index (χ3n) is 5.80. The van der Waals surface area contributed by atoms with Gasteiger partial charge in [0.05, 0.1) is 6.26 Å². The van der Waals surface area contributed by atoms with Gasteiger partial charge in [0.1, 0.15) is 0 Å². The Morgan fingerprint density at radius 3 is 2.43 bits per heavy atom. The van der Waals surface area contributed by atoms with Crippen molar-refractivity contribution in [2.75, 3.05) is 59.4 Å². The molecule has 1 aromatic heterocycles. The van der Waals surface area contributed by atoms with Crippen molar-refractivity contribution in [3.8, 4) is 0 Å². The third kappa shape index (κ3) is 6.10. The molecule has 28 heavy (non-hydrogen) atoms. The zero-order chi connectivity index (χ0) is 19.1. The number of piperidine rings is 1. The summed E-state index contributed by atoms with van der Waals surface area (Å²) in [5.74, 6) is 2.16. The van der Waals surface area contributed by atoms with Crippen molar-refractivity contribution < 1.29 is 9.21 Å². The maximum atomic E-state index is 12.4. The van der Waals surface area contributed by atoms with E-state index in [2.05, 4.69) is 27.0 Å². The van der Waals surface area contributed by atoms with Gasteiger partial charge in [0.25, 0.3) is 5.91 Å². The first-order valence-electron chi connectivity index (χ1n) is 10.2. The van der Waals surface area contributed by atoms with Crippen molar-refractivity contribution in [1.29, 1.82) is 0 Å². The van der Waals surface area contributed by atoms with E-state index in [1.807, 2.05) is 11.9 Å². The van der Waals surface area contributed by atoms with Crippen LogP contribution < -0.4 is 5.32 Å². The van der Waals surface area contributed by atoms with Crippen LogP contribution in [0.25, 0.3) is 0 Å². The number of hydrogen-bond acceptors (Lipinski definition) is 4. The summed E-state index contributed by atoms with van der Waals surface area (Å²) in [5, 5.41) is 3.52.